The van der Waals surface area contributed by atoms with Gasteiger partial charge in [-0.05, 0) is 66.8 Å². The first-order valence-electron chi connectivity index (χ1n) is 9.78. The van der Waals surface area contributed by atoms with Crippen molar-refractivity contribution in [3.63, 3.8) is 0 Å². The van der Waals surface area contributed by atoms with E-state index >= 15 is 0 Å². The standard InChI is InChI=1S/C23H25NO3/c25-22(14-20-13-17-8-11-19(20)12-17)27-15-16-6-9-18(10-7-16)23(26)24-21-4-2-1-3-5-21/h1-7,9-10,17,19-20H,8,11-15H2,(H,24,26)/t17-,19-,20+/m1/s1. The Kier molecular flexibility index (Phi) is 5.23. The minimum atomic E-state index is -0.152. The van der Waals surface area contributed by atoms with Crippen molar-refractivity contribution in [2.24, 2.45) is 17.8 Å². The molecule has 0 radical (unpaired) electrons. The van der Waals surface area contributed by atoms with Crippen LogP contribution in [0.4, 0.5) is 5.69 Å². The average molecular weight is 363 g/mol. The van der Waals surface area contributed by atoms with E-state index in [-0.39, 0.29) is 18.5 Å². The third kappa shape index (κ3) is 4.38. The topological polar surface area (TPSA) is 55.4 Å². The van der Waals surface area contributed by atoms with Crippen molar-refractivity contribution < 1.29 is 14.3 Å². The predicted molar refractivity (Wildman–Crippen MR) is 104 cm³/mol. The molecule has 3 atom stereocenters. The number of hydrogen-bond acceptors (Lipinski definition) is 3. The summed E-state index contributed by atoms with van der Waals surface area (Å²) >= 11 is 0. The lowest BCUT2D eigenvalue weighted by molar-refractivity contribution is -0.146. The third-order valence-corrected chi connectivity index (χ3v) is 5.96. The Morgan fingerprint density at radius 2 is 1.74 bits per heavy atom. The highest BCUT2D eigenvalue weighted by atomic mass is 16.5. The van der Waals surface area contributed by atoms with Gasteiger partial charge < -0.3 is 10.1 Å². The Hall–Kier alpha value is -2.62. The van der Waals surface area contributed by atoms with Crippen LogP contribution in [-0.4, -0.2) is 11.9 Å². The first-order chi connectivity index (χ1) is 13.2. The lowest BCUT2D eigenvalue weighted by Gasteiger charge is -2.20. The van der Waals surface area contributed by atoms with Gasteiger partial charge in [0.05, 0.1) is 0 Å². The normalized spacial score (nSPS) is 23.2. The molecule has 4 heteroatoms. The minimum absolute atomic E-state index is 0.0987. The third-order valence-electron chi connectivity index (χ3n) is 5.96. The summed E-state index contributed by atoms with van der Waals surface area (Å²) in [4.78, 5) is 24.4. The van der Waals surface area contributed by atoms with Crippen LogP contribution >= 0.6 is 0 Å². The number of anilines is 1. The van der Waals surface area contributed by atoms with Crippen molar-refractivity contribution >= 4 is 17.6 Å². The SMILES string of the molecule is O=C(C[C@@H]1C[C@@H]2CC[C@@H]1C2)OCc1ccc(C(=O)Nc2ccccc2)cc1. The summed E-state index contributed by atoms with van der Waals surface area (Å²) in [5, 5.41) is 2.86. The van der Waals surface area contributed by atoms with Crippen LogP contribution in [0.25, 0.3) is 0 Å². The fourth-order valence-electron chi connectivity index (χ4n) is 4.54. The summed E-state index contributed by atoms with van der Waals surface area (Å²) < 4.78 is 5.45. The van der Waals surface area contributed by atoms with Crippen molar-refractivity contribution in [2.75, 3.05) is 5.32 Å². The molecule has 2 aliphatic carbocycles. The van der Waals surface area contributed by atoms with Gasteiger partial charge in [0.25, 0.3) is 5.91 Å². The summed E-state index contributed by atoms with van der Waals surface area (Å²) in [7, 11) is 0. The molecule has 2 saturated carbocycles. The molecular weight excluding hydrogens is 338 g/mol. The Labute approximate surface area is 159 Å². The molecule has 2 fully saturated rings. The Morgan fingerprint density at radius 1 is 0.963 bits per heavy atom. The van der Waals surface area contributed by atoms with E-state index in [2.05, 4.69) is 5.32 Å². The van der Waals surface area contributed by atoms with E-state index in [4.69, 9.17) is 4.74 Å². The molecule has 0 aromatic heterocycles. The average Bonchev–Trinajstić information content (AvgIpc) is 3.31. The molecule has 0 spiro atoms. The number of esters is 1. The molecule has 1 amide bonds. The van der Waals surface area contributed by atoms with Crippen molar-refractivity contribution in [2.45, 2.75) is 38.7 Å². The first kappa shape index (κ1) is 17.8. The number of amides is 1. The Bertz CT molecular complexity index is 800. The maximum atomic E-state index is 12.3. The number of rotatable bonds is 6. The van der Waals surface area contributed by atoms with E-state index in [9.17, 15) is 9.59 Å². The maximum absolute atomic E-state index is 12.3. The van der Waals surface area contributed by atoms with E-state index < -0.39 is 0 Å². The molecule has 0 heterocycles. The van der Waals surface area contributed by atoms with Crippen molar-refractivity contribution in [3.8, 4) is 0 Å². The van der Waals surface area contributed by atoms with Gasteiger partial charge >= 0.3 is 5.97 Å². The van der Waals surface area contributed by atoms with Crippen LogP contribution in [0.15, 0.2) is 54.6 Å². The van der Waals surface area contributed by atoms with Gasteiger partial charge in [-0.1, -0.05) is 36.8 Å². The van der Waals surface area contributed by atoms with Crippen LogP contribution < -0.4 is 5.32 Å². The molecule has 4 nitrogen and oxygen atoms in total. The molecule has 140 valence electrons. The van der Waals surface area contributed by atoms with Gasteiger partial charge in [0, 0.05) is 17.7 Å². The van der Waals surface area contributed by atoms with Gasteiger partial charge in [0.2, 0.25) is 0 Å². The predicted octanol–water partition coefficient (Wildman–Crippen LogP) is 4.81. The Balaban J connectivity index is 1.25. The molecular formula is C23H25NO3. The molecule has 2 bridgehead atoms. The molecule has 0 aliphatic heterocycles. The zero-order valence-corrected chi connectivity index (χ0v) is 15.4. The van der Waals surface area contributed by atoms with E-state index in [1.54, 1.807) is 12.1 Å². The van der Waals surface area contributed by atoms with E-state index in [0.29, 0.717) is 17.9 Å². The summed E-state index contributed by atoms with van der Waals surface area (Å²) in [6.07, 6.45) is 5.70. The molecule has 1 N–H and O–H groups in total. The van der Waals surface area contributed by atoms with Crippen LogP contribution in [0.3, 0.4) is 0 Å². The molecule has 0 unspecified atom stereocenters. The summed E-state index contributed by atoms with van der Waals surface area (Å²) in [6.45, 7) is 0.264. The monoisotopic (exact) mass is 363 g/mol. The number of hydrogen-bond donors (Lipinski definition) is 1. The van der Waals surface area contributed by atoms with E-state index in [0.717, 1.165) is 23.1 Å². The summed E-state index contributed by atoms with van der Waals surface area (Å²) in [5.74, 6) is 1.87. The fourth-order valence-corrected chi connectivity index (χ4v) is 4.54. The molecule has 2 aromatic carbocycles. The molecule has 4 rings (SSSR count). The first-order valence-corrected chi connectivity index (χ1v) is 9.78. The van der Waals surface area contributed by atoms with Crippen LogP contribution in [0.1, 0.15) is 48.0 Å². The minimum Gasteiger partial charge on any atom is -0.461 e. The largest absolute Gasteiger partial charge is 0.461 e. The van der Waals surface area contributed by atoms with Gasteiger partial charge in [-0.3, -0.25) is 9.59 Å². The molecule has 2 aromatic rings. The van der Waals surface area contributed by atoms with Gasteiger partial charge in [-0.25, -0.2) is 0 Å². The lowest BCUT2D eigenvalue weighted by atomic mass is 9.86. The van der Waals surface area contributed by atoms with Crippen LogP contribution in [0.5, 0.6) is 0 Å². The van der Waals surface area contributed by atoms with E-state index in [1.165, 1.54) is 25.7 Å². The number of benzene rings is 2. The van der Waals surface area contributed by atoms with Gasteiger partial charge in [-0.15, -0.1) is 0 Å². The van der Waals surface area contributed by atoms with Crippen LogP contribution in [-0.2, 0) is 16.1 Å². The second-order valence-corrected chi connectivity index (χ2v) is 7.82. The highest BCUT2D eigenvalue weighted by Crippen LogP contribution is 2.49. The van der Waals surface area contributed by atoms with Crippen molar-refractivity contribution in [3.05, 3.63) is 65.7 Å². The lowest BCUT2D eigenvalue weighted by Crippen LogP contribution is -2.17. The van der Waals surface area contributed by atoms with Gasteiger partial charge in [0.1, 0.15) is 6.61 Å². The number of fused-ring (bicyclic) bond motifs is 2. The van der Waals surface area contributed by atoms with Crippen LogP contribution in [0.2, 0.25) is 0 Å². The number of carbonyl (C=O) groups excluding carboxylic acids is 2. The zero-order chi connectivity index (χ0) is 18.6. The molecule has 27 heavy (non-hydrogen) atoms. The van der Waals surface area contributed by atoms with Crippen molar-refractivity contribution in [1.29, 1.82) is 0 Å². The second-order valence-electron chi connectivity index (χ2n) is 7.82. The van der Waals surface area contributed by atoms with E-state index in [1.807, 2.05) is 42.5 Å². The maximum Gasteiger partial charge on any atom is 0.306 e. The molecule has 0 saturated heterocycles. The molecule has 2 aliphatic rings. The second kappa shape index (κ2) is 7.95. The fraction of sp³-hybridized carbons (Fsp3) is 0.391. The number of carbonyl (C=O) groups is 2. The number of nitrogens with one attached hydrogen (secondary N) is 1. The summed E-state index contributed by atoms with van der Waals surface area (Å²) in [6, 6.07) is 16.6. The Morgan fingerprint density at radius 3 is 2.41 bits per heavy atom. The van der Waals surface area contributed by atoms with Gasteiger partial charge in [0.15, 0.2) is 0 Å². The highest BCUT2D eigenvalue weighted by Gasteiger charge is 2.40. The summed E-state index contributed by atoms with van der Waals surface area (Å²) in [5.41, 5.74) is 2.24. The highest BCUT2D eigenvalue weighted by molar-refractivity contribution is 6.04. The smallest absolute Gasteiger partial charge is 0.306 e. The zero-order valence-electron chi connectivity index (χ0n) is 15.4. The number of para-hydroxylation sites is 1. The van der Waals surface area contributed by atoms with Crippen molar-refractivity contribution in [1.82, 2.24) is 0 Å². The number of ether oxygens (including phenoxy) is 1. The quantitative estimate of drug-likeness (QED) is 0.750. The van der Waals surface area contributed by atoms with Crippen LogP contribution in [0, 0.1) is 17.8 Å². The van der Waals surface area contributed by atoms with Gasteiger partial charge in [-0.2, -0.15) is 0 Å².